The Hall–Kier alpha value is -2.89. The van der Waals surface area contributed by atoms with Gasteiger partial charge in [0.05, 0.1) is 17.6 Å². The lowest BCUT2D eigenvalue weighted by molar-refractivity contribution is -0.301. The van der Waals surface area contributed by atoms with Crippen molar-refractivity contribution in [2.24, 2.45) is 11.8 Å². The number of alkyl halides is 4. The second-order valence-corrected chi connectivity index (χ2v) is 11.3. The summed E-state index contributed by atoms with van der Waals surface area (Å²) in [7, 11) is 0. The lowest BCUT2D eigenvalue weighted by atomic mass is 9.79. The van der Waals surface area contributed by atoms with Crippen molar-refractivity contribution in [2.45, 2.75) is 95.4 Å². The quantitative estimate of drug-likeness (QED) is 0.184. The van der Waals surface area contributed by atoms with Gasteiger partial charge in [-0.25, -0.2) is 13.2 Å². The van der Waals surface area contributed by atoms with Crippen LogP contribution in [0.25, 0.3) is 0 Å². The molecular weight excluding hydrogens is 591 g/mol. The summed E-state index contributed by atoms with van der Waals surface area (Å²) in [6, 6.07) is 3.52. The molecule has 0 aliphatic heterocycles. The van der Waals surface area contributed by atoms with Gasteiger partial charge in [0.1, 0.15) is 11.6 Å². The minimum absolute atomic E-state index is 0.234. The van der Waals surface area contributed by atoms with E-state index < -0.39 is 64.8 Å². The molecule has 2 aliphatic carbocycles. The molecule has 0 aromatic heterocycles. The van der Waals surface area contributed by atoms with E-state index in [1.165, 1.54) is 6.07 Å². The fourth-order valence-corrected chi connectivity index (χ4v) is 6.06. The van der Waals surface area contributed by atoms with Crippen LogP contribution in [-0.2, 0) is 10.8 Å². The van der Waals surface area contributed by atoms with Gasteiger partial charge in [-0.05, 0) is 80.9 Å². The Kier molecular flexibility index (Phi) is 10.6. The molecule has 0 unspecified atom stereocenters. The third-order valence-corrected chi connectivity index (χ3v) is 8.28. The minimum Gasteiger partial charge on any atom is -0.453 e. The van der Waals surface area contributed by atoms with Crippen molar-refractivity contribution in [3.63, 3.8) is 0 Å². The standard InChI is InChI=1S/C31H33F9O3/c1-2-3-18-4-9-21(10-5-18)30(37,38)42-22-11-6-19(7-12-22)20-8-13-24(25(32)14-20)31(39,40)43-23-15-26(33)29(27(34)16-23)41-17-28(35)36/h8,13-19,21-22H,2-7,9-12H2,1H3. The molecule has 0 heterocycles. The van der Waals surface area contributed by atoms with Crippen LogP contribution >= 0.6 is 0 Å². The molecule has 0 N–H and O–H groups in total. The molecule has 2 aromatic rings. The normalized spacial score (nSPS) is 23.1. The monoisotopic (exact) mass is 624 g/mol. The van der Waals surface area contributed by atoms with Crippen molar-refractivity contribution < 1.29 is 53.7 Å². The Morgan fingerprint density at radius 1 is 0.837 bits per heavy atom. The first kappa shape index (κ1) is 33.0. The van der Waals surface area contributed by atoms with Gasteiger partial charge < -0.3 is 14.2 Å². The van der Waals surface area contributed by atoms with Crippen molar-refractivity contribution in [1.29, 1.82) is 0 Å². The summed E-state index contributed by atoms with van der Waals surface area (Å²) in [5, 5.41) is 0. The molecule has 238 valence electrons. The number of rotatable bonds is 11. The number of ether oxygens (including phenoxy) is 3. The molecule has 0 radical (unpaired) electrons. The Morgan fingerprint density at radius 3 is 2.02 bits per heavy atom. The second-order valence-electron chi connectivity index (χ2n) is 11.3. The zero-order chi connectivity index (χ0) is 31.4. The van der Waals surface area contributed by atoms with Crippen LogP contribution in [0.3, 0.4) is 0 Å². The summed E-state index contributed by atoms with van der Waals surface area (Å²) in [4.78, 5) is 0. The lowest BCUT2D eigenvalue weighted by Gasteiger charge is -2.37. The van der Waals surface area contributed by atoms with Gasteiger partial charge in [0, 0.05) is 12.1 Å². The van der Waals surface area contributed by atoms with E-state index in [1.54, 1.807) is 0 Å². The number of hydrogen-bond acceptors (Lipinski definition) is 3. The largest absolute Gasteiger partial charge is 0.453 e. The maximum Gasteiger partial charge on any atom is 0.429 e. The predicted molar refractivity (Wildman–Crippen MR) is 140 cm³/mol. The van der Waals surface area contributed by atoms with Crippen molar-refractivity contribution in [3.05, 3.63) is 71.3 Å². The van der Waals surface area contributed by atoms with Gasteiger partial charge in [0.25, 0.3) is 0 Å². The maximum atomic E-state index is 14.9. The van der Waals surface area contributed by atoms with Crippen LogP contribution in [0.4, 0.5) is 39.5 Å². The van der Waals surface area contributed by atoms with Gasteiger partial charge in [-0.2, -0.15) is 26.3 Å². The third kappa shape index (κ3) is 8.39. The van der Waals surface area contributed by atoms with E-state index in [4.69, 9.17) is 4.74 Å². The average molecular weight is 625 g/mol. The molecular formula is C31H33F9O3. The van der Waals surface area contributed by atoms with Crippen LogP contribution in [0.15, 0.2) is 42.7 Å². The summed E-state index contributed by atoms with van der Waals surface area (Å²) in [6.45, 7) is 2.08. The molecule has 3 nitrogen and oxygen atoms in total. The van der Waals surface area contributed by atoms with Gasteiger partial charge in [0.2, 0.25) is 0 Å². The molecule has 0 saturated heterocycles. The Balaban J connectivity index is 1.34. The highest BCUT2D eigenvalue weighted by Crippen LogP contribution is 2.44. The fraction of sp³-hybridized carbons (Fsp3) is 0.548. The summed E-state index contributed by atoms with van der Waals surface area (Å²) in [6.07, 6.45) is -5.00. The molecule has 43 heavy (non-hydrogen) atoms. The van der Waals surface area contributed by atoms with Crippen molar-refractivity contribution >= 4 is 0 Å². The second kappa shape index (κ2) is 13.8. The van der Waals surface area contributed by atoms with Gasteiger partial charge >= 0.3 is 18.3 Å². The fourth-order valence-electron chi connectivity index (χ4n) is 6.06. The van der Waals surface area contributed by atoms with Gasteiger partial charge in [-0.15, -0.1) is 0 Å². The van der Waals surface area contributed by atoms with Gasteiger partial charge in [-0.3, -0.25) is 0 Å². The van der Waals surface area contributed by atoms with Crippen LogP contribution in [0.2, 0.25) is 0 Å². The summed E-state index contributed by atoms with van der Waals surface area (Å²) >= 11 is 0. The van der Waals surface area contributed by atoms with Crippen LogP contribution in [0, 0.1) is 29.3 Å². The van der Waals surface area contributed by atoms with E-state index in [-0.39, 0.29) is 24.3 Å². The van der Waals surface area contributed by atoms with Crippen molar-refractivity contribution in [2.75, 3.05) is 0 Å². The van der Waals surface area contributed by atoms with Crippen molar-refractivity contribution in [3.8, 4) is 11.5 Å². The predicted octanol–water partition coefficient (Wildman–Crippen LogP) is 10.6. The van der Waals surface area contributed by atoms with Crippen LogP contribution in [0.5, 0.6) is 11.5 Å². The minimum atomic E-state index is -4.36. The molecule has 2 saturated carbocycles. The Bertz CT molecular complexity index is 1240. The maximum absolute atomic E-state index is 14.9. The number of benzene rings is 2. The zero-order valence-electron chi connectivity index (χ0n) is 23.5. The van der Waals surface area contributed by atoms with E-state index in [2.05, 4.69) is 16.4 Å². The molecule has 0 amide bonds. The molecule has 0 atom stereocenters. The average Bonchev–Trinajstić information content (AvgIpc) is 2.92. The molecule has 4 rings (SSSR count). The van der Waals surface area contributed by atoms with Gasteiger partial charge in [-0.1, -0.05) is 25.8 Å². The van der Waals surface area contributed by atoms with Crippen molar-refractivity contribution in [1.82, 2.24) is 0 Å². The third-order valence-electron chi connectivity index (χ3n) is 8.28. The van der Waals surface area contributed by atoms with E-state index in [0.717, 1.165) is 37.8 Å². The molecule has 0 bridgehead atoms. The number of halogens is 9. The topological polar surface area (TPSA) is 27.7 Å². The Morgan fingerprint density at radius 2 is 1.47 bits per heavy atom. The Labute approximate surface area is 244 Å². The molecule has 2 aromatic carbocycles. The molecule has 2 aliphatic rings. The van der Waals surface area contributed by atoms with Gasteiger partial charge in [0.15, 0.2) is 23.6 Å². The molecule has 2 fully saturated rings. The summed E-state index contributed by atoms with van der Waals surface area (Å²) in [5.41, 5.74) is -0.812. The highest BCUT2D eigenvalue weighted by atomic mass is 19.3. The first-order valence-corrected chi connectivity index (χ1v) is 14.4. The zero-order valence-corrected chi connectivity index (χ0v) is 23.5. The SMILES string of the molecule is CCCC1CCC(C(F)(F)OC2CCC(c3ccc(C(F)(F)Oc4cc(F)c(OC=C(F)F)c(F)c4)c(F)c3)CC2)CC1. The van der Waals surface area contributed by atoms with E-state index in [1.807, 2.05) is 0 Å². The smallest absolute Gasteiger partial charge is 0.429 e. The lowest BCUT2D eigenvalue weighted by Crippen LogP contribution is -2.39. The summed E-state index contributed by atoms with van der Waals surface area (Å²) < 4.78 is 140. The summed E-state index contributed by atoms with van der Waals surface area (Å²) in [5.74, 6) is -7.44. The van der Waals surface area contributed by atoms with E-state index in [0.29, 0.717) is 50.0 Å². The van der Waals surface area contributed by atoms with Crippen LogP contribution < -0.4 is 9.47 Å². The highest BCUT2D eigenvalue weighted by molar-refractivity contribution is 5.36. The molecule has 12 heteroatoms. The highest BCUT2D eigenvalue weighted by Gasteiger charge is 2.45. The number of hydrogen-bond donors (Lipinski definition) is 0. The molecule has 0 spiro atoms. The van der Waals surface area contributed by atoms with Crippen LogP contribution in [0.1, 0.15) is 88.2 Å². The first-order chi connectivity index (χ1) is 20.3. The van der Waals surface area contributed by atoms with Crippen LogP contribution in [-0.4, -0.2) is 12.2 Å². The first-order valence-electron chi connectivity index (χ1n) is 14.4. The van der Waals surface area contributed by atoms with E-state index in [9.17, 15) is 39.5 Å². The van der Waals surface area contributed by atoms with E-state index >= 15 is 0 Å².